The first-order valence-electron chi connectivity index (χ1n) is 14.1. The SMILES string of the molecule is CCOC(=O)C(C)(C)Oc1ccc2c(c1)C(=CCCN1CCC(c3ccc(Cl)cc3)CC1)c1cccnc1CO2. The van der Waals surface area contributed by atoms with Crippen LogP contribution in [-0.4, -0.2) is 47.7 Å². The molecule has 210 valence electrons. The van der Waals surface area contributed by atoms with Crippen LogP contribution in [0.4, 0.5) is 0 Å². The van der Waals surface area contributed by atoms with Gasteiger partial charge in [-0.2, -0.15) is 0 Å². The molecule has 3 aromatic rings. The van der Waals surface area contributed by atoms with Gasteiger partial charge in [-0.05, 0) is 107 Å². The largest absolute Gasteiger partial charge is 0.487 e. The average molecular weight is 561 g/mol. The Balaban J connectivity index is 1.33. The first-order valence-corrected chi connectivity index (χ1v) is 14.5. The topological polar surface area (TPSA) is 60.9 Å². The van der Waals surface area contributed by atoms with Crippen molar-refractivity contribution < 1.29 is 19.0 Å². The van der Waals surface area contributed by atoms with Crippen molar-refractivity contribution in [2.24, 2.45) is 0 Å². The molecular weight excluding hydrogens is 524 g/mol. The first kappa shape index (κ1) is 28.2. The molecule has 1 aromatic heterocycles. The Morgan fingerprint density at radius 3 is 2.65 bits per heavy atom. The Morgan fingerprint density at radius 1 is 1.12 bits per heavy atom. The Bertz CT molecular complexity index is 1360. The molecule has 2 aliphatic rings. The highest BCUT2D eigenvalue weighted by Crippen LogP contribution is 2.39. The van der Waals surface area contributed by atoms with Crippen LogP contribution < -0.4 is 9.47 Å². The van der Waals surface area contributed by atoms with Crippen molar-refractivity contribution in [1.82, 2.24) is 9.88 Å². The van der Waals surface area contributed by atoms with E-state index in [-0.39, 0.29) is 0 Å². The summed E-state index contributed by atoms with van der Waals surface area (Å²) >= 11 is 6.08. The Labute approximate surface area is 241 Å². The van der Waals surface area contributed by atoms with Gasteiger partial charge in [0.1, 0.15) is 18.1 Å². The van der Waals surface area contributed by atoms with Gasteiger partial charge in [-0.1, -0.05) is 35.9 Å². The number of likely N-dealkylation sites (tertiary alicyclic amines) is 1. The fourth-order valence-electron chi connectivity index (χ4n) is 5.48. The monoisotopic (exact) mass is 560 g/mol. The van der Waals surface area contributed by atoms with Crippen molar-refractivity contribution in [3.05, 3.63) is 94.3 Å². The maximum Gasteiger partial charge on any atom is 0.349 e. The number of piperidine rings is 1. The summed E-state index contributed by atoms with van der Waals surface area (Å²) in [5, 5.41) is 0.790. The van der Waals surface area contributed by atoms with Crippen molar-refractivity contribution in [3.63, 3.8) is 0 Å². The molecular formula is C33H37ClN2O4. The molecule has 1 saturated heterocycles. The summed E-state index contributed by atoms with van der Waals surface area (Å²) in [6.45, 7) is 9.07. The van der Waals surface area contributed by atoms with E-state index in [1.807, 2.05) is 36.4 Å². The molecule has 0 atom stereocenters. The van der Waals surface area contributed by atoms with E-state index in [4.69, 9.17) is 25.8 Å². The summed E-state index contributed by atoms with van der Waals surface area (Å²) in [5.74, 6) is 1.55. The number of ether oxygens (including phenoxy) is 3. The van der Waals surface area contributed by atoms with E-state index in [0.29, 0.717) is 24.9 Å². The Morgan fingerprint density at radius 2 is 1.90 bits per heavy atom. The number of aromatic nitrogens is 1. The van der Waals surface area contributed by atoms with Crippen molar-refractivity contribution in [3.8, 4) is 11.5 Å². The number of hydrogen-bond donors (Lipinski definition) is 0. The number of halogens is 1. The van der Waals surface area contributed by atoms with Gasteiger partial charge in [0, 0.05) is 28.9 Å². The van der Waals surface area contributed by atoms with Crippen LogP contribution in [0.25, 0.3) is 5.57 Å². The summed E-state index contributed by atoms with van der Waals surface area (Å²) in [6, 6.07) is 18.1. The molecule has 0 bridgehead atoms. The van der Waals surface area contributed by atoms with Crippen molar-refractivity contribution >= 4 is 23.1 Å². The van der Waals surface area contributed by atoms with Crippen LogP contribution in [0, 0.1) is 0 Å². The average Bonchev–Trinajstić information content (AvgIpc) is 3.10. The summed E-state index contributed by atoms with van der Waals surface area (Å²) in [6.07, 6.45) is 7.29. The third-order valence-electron chi connectivity index (χ3n) is 7.65. The zero-order valence-corrected chi connectivity index (χ0v) is 24.2. The fraction of sp³-hybridized carbons (Fsp3) is 0.394. The van der Waals surface area contributed by atoms with Gasteiger partial charge in [-0.15, -0.1) is 0 Å². The zero-order chi connectivity index (χ0) is 28.1. The minimum Gasteiger partial charge on any atom is -0.487 e. The maximum absolute atomic E-state index is 12.4. The van der Waals surface area contributed by atoms with Gasteiger partial charge in [0.15, 0.2) is 5.60 Å². The number of carbonyl (C=O) groups excluding carboxylic acids is 1. The standard InChI is InChI=1S/C33H37ClN2O4/c1-4-38-32(37)33(2,3)40-26-13-14-31-29(21-26)27(28-7-5-17-35-30(28)22-39-31)8-6-18-36-19-15-24(16-20-36)23-9-11-25(34)12-10-23/h5,7-14,17,21,24H,4,6,15-16,18-20,22H2,1-3H3. The van der Waals surface area contributed by atoms with Crippen LogP contribution >= 0.6 is 11.6 Å². The molecule has 0 spiro atoms. The number of esters is 1. The minimum atomic E-state index is -1.11. The lowest BCUT2D eigenvalue weighted by molar-refractivity contribution is -0.158. The van der Waals surface area contributed by atoms with E-state index >= 15 is 0 Å². The molecule has 0 amide bonds. The number of fused-ring (bicyclic) bond motifs is 2. The van der Waals surface area contributed by atoms with E-state index in [1.54, 1.807) is 27.0 Å². The number of nitrogens with zero attached hydrogens (tertiary/aromatic N) is 2. The number of pyridine rings is 1. The molecule has 7 heteroatoms. The van der Waals surface area contributed by atoms with E-state index < -0.39 is 11.6 Å². The number of carbonyl (C=O) groups is 1. The van der Waals surface area contributed by atoms with E-state index in [1.165, 1.54) is 5.56 Å². The molecule has 0 radical (unpaired) electrons. The Hall–Kier alpha value is -3.35. The van der Waals surface area contributed by atoms with Crippen LogP contribution in [0.1, 0.15) is 68.3 Å². The van der Waals surface area contributed by atoms with Gasteiger partial charge < -0.3 is 19.1 Å². The van der Waals surface area contributed by atoms with Crippen LogP contribution in [-0.2, 0) is 16.1 Å². The first-order chi connectivity index (χ1) is 19.3. The molecule has 2 aliphatic heterocycles. The fourth-order valence-corrected chi connectivity index (χ4v) is 5.60. The van der Waals surface area contributed by atoms with Gasteiger partial charge >= 0.3 is 5.97 Å². The normalized spacial score (nSPS) is 16.9. The van der Waals surface area contributed by atoms with Gasteiger partial charge in [0.25, 0.3) is 0 Å². The predicted octanol–water partition coefficient (Wildman–Crippen LogP) is 7.05. The summed E-state index contributed by atoms with van der Waals surface area (Å²) in [7, 11) is 0. The molecule has 6 nitrogen and oxygen atoms in total. The van der Waals surface area contributed by atoms with Gasteiger partial charge in [-0.25, -0.2) is 4.79 Å². The number of rotatable bonds is 8. The van der Waals surface area contributed by atoms with Crippen molar-refractivity contribution in [2.75, 3.05) is 26.2 Å². The molecule has 0 saturated carbocycles. The molecule has 3 heterocycles. The molecule has 0 N–H and O–H groups in total. The highest BCUT2D eigenvalue weighted by molar-refractivity contribution is 6.30. The highest BCUT2D eigenvalue weighted by atomic mass is 35.5. The van der Waals surface area contributed by atoms with E-state index in [9.17, 15) is 4.79 Å². The second kappa shape index (κ2) is 12.4. The molecule has 0 aliphatic carbocycles. The van der Waals surface area contributed by atoms with Crippen molar-refractivity contribution in [2.45, 2.75) is 58.2 Å². The second-order valence-corrected chi connectivity index (χ2v) is 11.3. The molecule has 40 heavy (non-hydrogen) atoms. The van der Waals surface area contributed by atoms with E-state index in [2.05, 4.69) is 34.2 Å². The summed E-state index contributed by atoms with van der Waals surface area (Å²) in [4.78, 5) is 19.6. The van der Waals surface area contributed by atoms with Gasteiger partial charge in [-0.3, -0.25) is 4.98 Å². The highest BCUT2D eigenvalue weighted by Gasteiger charge is 2.32. The summed E-state index contributed by atoms with van der Waals surface area (Å²) in [5.41, 5.74) is 4.25. The quantitative estimate of drug-likeness (QED) is 0.275. The van der Waals surface area contributed by atoms with Gasteiger partial charge in [0.2, 0.25) is 0 Å². The molecule has 5 rings (SSSR count). The lowest BCUT2D eigenvalue weighted by Crippen LogP contribution is -2.39. The third-order valence-corrected chi connectivity index (χ3v) is 7.90. The minimum absolute atomic E-state index is 0.305. The number of benzene rings is 2. The maximum atomic E-state index is 12.4. The van der Waals surface area contributed by atoms with E-state index in [0.717, 1.165) is 72.1 Å². The van der Waals surface area contributed by atoms with Crippen LogP contribution in [0.2, 0.25) is 5.02 Å². The van der Waals surface area contributed by atoms with Crippen LogP contribution in [0.15, 0.2) is 66.9 Å². The second-order valence-electron chi connectivity index (χ2n) is 10.9. The van der Waals surface area contributed by atoms with Crippen LogP contribution in [0.3, 0.4) is 0 Å². The zero-order valence-electron chi connectivity index (χ0n) is 23.5. The molecule has 2 aromatic carbocycles. The van der Waals surface area contributed by atoms with Crippen molar-refractivity contribution in [1.29, 1.82) is 0 Å². The number of hydrogen-bond acceptors (Lipinski definition) is 6. The predicted molar refractivity (Wildman–Crippen MR) is 158 cm³/mol. The molecule has 1 fully saturated rings. The Kier molecular flexibility index (Phi) is 8.77. The summed E-state index contributed by atoms with van der Waals surface area (Å²) < 4.78 is 17.5. The molecule has 0 unspecified atom stereocenters. The lowest BCUT2D eigenvalue weighted by atomic mass is 9.89. The smallest absolute Gasteiger partial charge is 0.349 e. The lowest BCUT2D eigenvalue weighted by Gasteiger charge is -2.32. The third kappa shape index (κ3) is 6.51. The van der Waals surface area contributed by atoms with Gasteiger partial charge in [0.05, 0.1) is 12.3 Å². The van der Waals surface area contributed by atoms with Crippen LogP contribution in [0.5, 0.6) is 11.5 Å².